The maximum atomic E-state index is 12.5. The van der Waals surface area contributed by atoms with Crippen LogP contribution in [-0.2, 0) is 11.4 Å². The van der Waals surface area contributed by atoms with Crippen LogP contribution < -0.4 is 29.4 Å². The summed E-state index contributed by atoms with van der Waals surface area (Å²) in [7, 11) is 1.52. The summed E-state index contributed by atoms with van der Waals surface area (Å²) >= 11 is 6.26. The summed E-state index contributed by atoms with van der Waals surface area (Å²) in [5.41, 5.74) is 8.74. The van der Waals surface area contributed by atoms with E-state index in [2.05, 4.69) is 6.07 Å². The van der Waals surface area contributed by atoms with Crippen LogP contribution in [-0.4, -0.2) is 19.7 Å². The number of allylic oxidation sites excluding steroid dienone is 1. The third kappa shape index (κ3) is 6.21. The highest BCUT2D eigenvalue weighted by atomic mass is 35.5. The van der Waals surface area contributed by atoms with Crippen LogP contribution in [0.4, 0.5) is 0 Å². The number of rotatable bonds is 9. The third-order valence-electron chi connectivity index (χ3n) is 6.38. The Morgan fingerprint density at radius 2 is 1.73 bits per heavy atom. The molecule has 206 valence electrons. The summed E-state index contributed by atoms with van der Waals surface area (Å²) in [6.07, 6.45) is 0. The number of carbonyl (C=O) groups excluding carboxylic acids is 1. The Morgan fingerprint density at radius 3 is 2.51 bits per heavy atom. The first-order chi connectivity index (χ1) is 20.0. The van der Waals surface area contributed by atoms with Crippen LogP contribution in [0, 0.1) is 11.3 Å². The summed E-state index contributed by atoms with van der Waals surface area (Å²) < 4.78 is 28.0. The highest BCUT2D eigenvalue weighted by Crippen LogP contribution is 2.44. The van der Waals surface area contributed by atoms with E-state index in [1.54, 1.807) is 48.5 Å². The second-order valence-corrected chi connectivity index (χ2v) is 9.40. The van der Waals surface area contributed by atoms with E-state index in [0.29, 0.717) is 33.6 Å². The number of fused-ring (bicyclic) bond motifs is 1. The molecule has 9 heteroatoms. The van der Waals surface area contributed by atoms with Gasteiger partial charge in [-0.3, -0.25) is 0 Å². The molecule has 0 fully saturated rings. The van der Waals surface area contributed by atoms with Gasteiger partial charge < -0.3 is 29.4 Å². The lowest BCUT2D eigenvalue weighted by Crippen LogP contribution is -2.21. The van der Waals surface area contributed by atoms with E-state index in [0.717, 1.165) is 11.1 Å². The summed E-state index contributed by atoms with van der Waals surface area (Å²) in [6, 6.07) is 29.0. The molecule has 41 heavy (non-hydrogen) atoms. The Morgan fingerprint density at radius 1 is 0.951 bits per heavy atom. The van der Waals surface area contributed by atoms with E-state index in [-0.39, 0.29) is 30.4 Å². The van der Waals surface area contributed by atoms with Crippen LogP contribution >= 0.6 is 11.6 Å². The van der Waals surface area contributed by atoms with Gasteiger partial charge in [-0.05, 0) is 42.0 Å². The van der Waals surface area contributed by atoms with Gasteiger partial charge in [0.15, 0.2) is 18.1 Å². The summed E-state index contributed by atoms with van der Waals surface area (Å²) in [6.45, 7) is -0.0470. The number of carbonyl (C=O) groups is 1. The lowest BCUT2D eigenvalue weighted by atomic mass is 9.83. The SMILES string of the molecule is COc1ccccc1OCC(=O)Oc1ccc2c(c1)OC(N)=C(C#N)C2c1cccc(OCc2ccccc2Cl)c1. The molecule has 1 aliphatic rings. The molecule has 1 atom stereocenters. The molecule has 0 aliphatic carbocycles. The van der Waals surface area contributed by atoms with Gasteiger partial charge in [-0.1, -0.05) is 60.1 Å². The van der Waals surface area contributed by atoms with Crippen molar-refractivity contribution in [2.75, 3.05) is 13.7 Å². The third-order valence-corrected chi connectivity index (χ3v) is 6.75. The predicted molar refractivity (Wildman–Crippen MR) is 152 cm³/mol. The molecule has 2 N–H and O–H groups in total. The van der Waals surface area contributed by atoms with E-state index in [1.807, 2.05) is 42.5 Å². The molecule has 1 heterocycles. The molecule has 1 aliphatic heterocycles. The molecule has 0 bridgehead atoms. The molecule has 1 unspecified atom stereocenters. The fourth-order valence-corrected chi connectivity index (χ4v) is 4.63. The van der Waals surface area contributed by atoms with Gasteiger partial charge >= 0.3 is 5.97 Å². The van der Waals surface area contributed by atoms with E-state index in [9.17, 15) is 10.1 Å². The number of halogens is 1. The standard InChI is InChI=1S/C32H25ClN2O6/c1-37-27-11-4-5-12-28(27)39-19-30(36)40-23-13-14-24-29(16-23)41-32(35)25(17-34)31(24)20-8-6-9-22(15-20)38-18-21-7-2-3-10-26(21)33/h2-16,31H,18-19,35H2,1H3. The van der Waals surface area contributed by atoms with Crippen LogP contribution in [0.15, 0.2) is 102 Å². The monoisotopic (exact) mass is 568 g/mol. The zero-order valence-electron chi connectivity index (χ0n) is 22.0. The van der Waals surface area contributed by atoms with Crippen molar-refractivity contribution < 1.29 is 28.5 Å². The molecule has 4 aromatic rings. The van der Waals surface area contributed by atoms with E-state index < -0.39 is 11.9 Å². The van der Waals surface area contributed by atoms with E-state index in [1.165, 1.54) is 7.11 Å². The Labute approximate surface area is 242 Å². The molecule has 8 nitrogen and oxygen atoms in total. The minimum atomic E-state index is -0.618. The molecule has 0 radical (unpaired) electrons. The van der Waals surface area contributed by atoms with Crippen molar-refractivity contribution in [2.24, 2.45) is 5.73 Å². The van der Waals surface area contributed by atoms with Gasteiger partial charge in [0.2, 0.25) is 5.88 Å². The second kappa shape index (κ2) is 12.4. The average molecular weight is 569 g/mol. The number of methoxy groups -OCH3 is 1. The molecule has 0 saturated heterocycles. The normalized spacial score (nSPS) is 13.8. The Kier molecular flexibility index (Phi) is 8.28. The van der Waals surface area contributed by atoms with Crippen LogP contribution in [0.2, 0.25) is 5.02 Å². The van der Waals surface area contributed by atoms with Crippen molar-refractivity contribution in [2.45, 2.75) is 12.5 Å². The molecule has 0 aromatic heterocycles. The number of hydrogen-bond donors (Lipinski definition) is 1. The van der Waals surface area contributed by atoms with Gasteiger partial charge in [0, 0.05) is 22.2 Å². The molecule has 0 spiro atoms. The van der Waals surface area contributed by atoms with Crippen LogP contribution in [0.1, 0.15) is 22.6 Å². The van der Waals surface area contributed by atoms with Crippen molar-refractivity contribution in [1.82, 2.24) is 0 Å². The van der Waals surface area contributed by atoms with Gasteiger partial charge in [0.25, 0.3) is 0 Å². The van der Waals surface area contributed by atoms with Crippen molar-refractivity contribution >= 4 is 17.6 Å². The Bertz CT molecular complexity index is 1660. The predicted octanol–water partition coefficient (Wildman–Crippen LogP) is 6.13. The van der Waals surface area contributed by atoms with Gasteiger partial charge in [0.05, 0.1) is 13.0 Å². The minimum absolute atomic E-state index is 0.0321. The van der Waals surface area contributed by atoms with Crippen LogP contribution in [0.25, 0.3) is 0 Å². The van der Waals surface area contributed by atoms with E-state index >= 15 is 0 Å². The van der Waals surface area contributed by atoms with Crippen LogP contribution in [0.5, 0.6) is 28.7 Å². The lowest BCUT2D eigenvalue weighted by Gasteiger charge is -2.27. The first kappa shape index (κ1) is 27.4. The second-order valence-electron chi connectivity index (χ2n) is 8.99. The molecular formula is C32H25ClN2O6. The highest BCUT2D eigenvalue weighted by Gasteiger charge is 2.31. The Balaban J connectivity index is 1.34. The van der Waals surface area contributed by atoms with Gasteiger partial charge in [0.1, 0.15) is 35.5 Å². The quantitative estimate of drug-likeness (QED) is 0.189. The van der Waals surface area contributed by atoms with Crippen molar-refractivity contribution in [3.8, 4) is 34.8 Å². The Hall–Kier alpha value is -5.13. The largest absolute Gasteiger partial charge is 0.493 e. The van der Waals surface area contributed by atoms with Crippen molar-refractivity contribution in [3.05, 3.63) is 124 Å². The fourth-order valence-electron chi connectivity index (χ4n) is 4.44. The van der Waals surface area contributed by atoms with Gasteiger partial charge in [-0.25, -0.2) is 4.79 Å². The number of esters is 1. The zero-order valence-corrected chi connectivity index (χ0v) is 22.8. The van der Waals surface area contributed by atoms with E-state index in [4.69, 9.17) is 41.0 Å². The van der Waals surface area contributed by atoms with Gasteiger partial charge in [-0.15, -0.1) is 0 Å². The van der Waals surface area contributed by atoms with Gasteiger partial charge in [-0.2, -0.15) is 5.26 Å². The summed E-state index contributed by atoms with van der Waals surface area (Å²) in [5.74, 6) is 0.957. The number of nitrogens with zero attached hydrogens (tertiary/aromatic N) is 1. The van der Waals surface area contributed by atoms with Crippen molar-refractivity contribution in [3.63, 3.8) is 0 Å². The lowest BCUT2D eigenvalue weighted by molar-refractivity contribution is -0.136. The molecule has 4 aromatic carbocycles. The van der Waals surface area contributed by atoms with Crippen LogP contribution in [0.3, 0.4) is 0 Å². The minimum Gasteiger partial charge on any atom is -0.493 e. The maximum Gasteiger partial charge on any atom is 0.349 e. The average Bonchev–Trinajstić information content (AvgIpc) is 2.99. The number of hydrogen-bond acceptors (Lipinski definition) is 8. The highest BCUT2D eigenvalue weighted by molar-refractivity contribution is 6.31. The molecule has 0 saturated carbocycles. The number of nitrogens with two attached hydrogens (primary N) is 1. The summed E-state index contributed by atoms with van der Waals surface area (Å²) in [5, 5.41) is 10.5. The summed E-state index contributed by atoms with van der Waals surface area (Å²) in [4.78, 5) is 12.5. The maximum absolute atomic E-state index is 12.5. The topological polar surface area (TPSA) is 113 Å². The molecular weight excluding hydrogens is 544 g/mol. The zero-order chi connectivity index (χ0) is 28.8. The number of para-hydroxylation sites is 2. The number of ether oxygens (including phenoxy) is 5. The first-order valence-electron chi connectivity index (χ1n) is 12.6. The first-order valence-corrected chi connectivity index (χ1v) is 13.0. The number of benzene rings is 4. The molecule has 5 rings (SSSR count). The number of nitriles is 1. The molecule has 0 amide bonds. The van der Waals surface area contributed by atoms with Crippen molar-refractivity contribution in [1.29, 1.82) is 5.26 Å². The fraction of sp³-hybridized carbons (Fsp3) is 0.125. The smallest absolute Gasteiger partial charge is 0.349 e.